The van der Waals surface area contributed by atoms with Crippen molar-refractivity contribution in [3.8, 4) is 0 Å². The molecule has 0 fully saturated rings. The van der Waals surface area contributed by atoms with E-state index in [1.807, 2.05) is 18.2 Å². The number of rotatable bonds is 3. The fraction of sp³-hybridized carbons (Fsp3) is 0.222. The Hall–Kier alpha value is -2.76. The summed E-state index contributed by atoms with van der Waals surface area (Å²) >= 11 is 0. The number of amides is 2. The van der Waals surface area contributed by atoms with Gasteiger partial charge in [-0.3, -0.25) is 9.59 Å². The first-order valence-electron chi connectivity index (χ1n) is 7.68. The first-order chi connectivity index (χ1) is 11.5. The number of nitrogens with one attached hydrogen (secondary N) is 1. The third kappa shape index (κ3) is 3.42. The summed E-state index contributed by atoms with van der Waals surface area (Å²) in [5.41, 5.74) is 1.59. The van der Waals surface area contributed by atoms with Crippen molar-refractivity contribution in [3.05, 3.63) is 59.7 Å². The fourth-order valence-corrected chi connectivity index (χ4v) is 2.78. The lowest BCUT2D eigenvalue weighted by molar-refractivity contribution is -0.121. The van der Waals surface area contributed by atoms with Crippen LogP contribution in [0, 0.1) is 11.6 Å². The van der Waals surface area contributed by atoms with Crippen molar-refractivity contribution in [2.45, 2.75) is 19.3 Å². The number of halogens is 2. The molecule has 1 aliphatic heterocycles. The van der Waals surface area contributed by atoms with Crippen molar-refractivity contribution in [1.82, 2.24) is 0 Å². The van der Waals surface area contributed by atoms with Crippen molar-refractivity contribution in [2.75, 3.05) is 16.8 Å². The van der Waals surface area contributed by atoms with Gasteiger partial charge in [0.1, 0.15) is 18.2 Å². The summed E-state index contributed by atoms with van der Waals surface area (Å²) in [7, 11) is 0. The number of fused-ring (bicyclic) bond motifs is 1. The monoisotopic (exact) mass is 330 g/mol. The molecule has 0 atom stereocenters. The Morgan fingerprint density at radius 2 is 1.92 bits per heavy atom. The summed E-state index contributed by atoms with van der Waals surface area (Å²) in [6.45, 7) is -0.216. The zero-order valence-corrected chi connectivity index (χ0v) is 12.9. The maximum atomic E-state index is 13.6. The van der Waals surface area contributed by atoms with Gasteiger partial charge in [-0.1, -0.05) is 18.2 Å². The zero-order valence-electron chi connectivity index (χ0n) is 12.9. The molecule has 0 aromatic heterocycles. The standard InChI is InChI=1S/C18H16F2N2O2/c19-13-8-9-15(14(20)10-13)21-17(23)11-22-16-6-2-1-4-12(16)5-3-7-18(22)24/h1-2,4,6,8-10H,3,5,7,11H2,(H,21,23). The Bertz CT molecular complexity index is 792. The molecule has 2 amide bonds. The molecule has 1 N–H and O–H groups in total. The van der Waals surface area contributed by atoms with Crippen LogP contribution in [-0.4, -0.2) is 18.4 Å². The predicted molar refractivity (Wildman–Crippen MR) is 86.7 cm³/mol. The summed E-state index contributed by atoms with van der Waals surface area (Å²) in [5, 5.41) is 2.38. The normalized spacial score (nSPS) is 14.1. The number of benzene rings is 2. The van der Waals surface area contributed by atoms with Gasteiger partial charge in [0.15, 0.2) is 0 Å². The number of hydrogen-bond donors (Lipinski definition) is 1. The Morgan fingerprint density at radius 1 is 1.12 bits per heavy atom. The molecule has 1 heterocycles. The van der Waals surface area contributed by atoms with Gasteiger partial charge in [0, 0.05) is 18.2 Å². The van der Waals surface area contributed by atoms with Crippen LogP contribution in [0.4, 0.5) is 20.2 Å². The Balaban J connectivity index is 1.79. The maximum Gasteiger partial charge on any atom is 0.244 e. The zero-order chi connectivity index (χ0) is 17.1. The number of carbonyl (C=O) groups excluding carboxylic acids is 2. The molecule has 4 nitrogen and oxygen atoms in total. The van der Waals surface area contributed by atoms with E-state index in [2.05, 4.69) is 5.32 Å². The number of aryl methyl sites for hydroxylation is 1. The number of hydrogen-bond acceptors (Lipinski definition) is 2. The van der Waals surface area contributed by atoms with Gasteiger partial charge in [-0.15, -0.1) is 0 Å². The van der Waals surface area contributed by atoms with Crippen LogP contribution in [-0.2, 0) is 16.0 Å². The number of anilines is 2. The molecule has 6 heteroatoms. The van der Waals surface area contributed by atoms with Crippen molar-refractivity contribution in [1.29, 1.82) is 0 Å². The molecule has 0 radical (unpaired) electrons. The van der Waals surface area contributed by atoms with E-state index >= 15 is 0 Å². The minimum atomic E-state index is -0.856. The number of nitrogens with zero attached hydrogens (tertiary/aromatic N) is 1. The molecule has 1 aliphatic rings. The van der Waals surface area contributed by atoms with E-state index in [1.54, 1.807) is 6.07 Å². The average Bonchev–Trinajstić information content (AvgIpc) is 2.70. The van der Waals surface area contributed by atoms with E-state index < -0.39 is 17.5 Å². The molecular formula is C18H16F2N2O2. The van der Waals surface area contributed by atoms with Gasteiger partial charge < -0.3 is 10.2 Å². The van der Waals surface area contributed by atoms with Crippen LogP contribution in [0.25, 0.3) is 0 Å². The quantitative estimate of drug-likeness (QED) is 0.939. The number of para-hydroxylation sites is 1. The fourth-order valence-electron chi connectivity index (χ4n) is 2.78. The molecule has 124 valence electrons. The topological polar surface area (TPSA) is 49.4 Å². The molecule has 2 aromatic carbocycles. The molecule has 0 saturated carbocycles. The summed E-state index contributed by atoms with van der Waals surface area (Å²) in [6, 6.07) is 10.3. The third-order valence-electron chi connectivity index (χ3n) is 3.93. The van der Waals surface area contributed by atoms with Crippen LogP contribution >= 0.6 is 0 Å². The lowest BCUT2D eigenvalue weighted by atomic mass is 10.1. The third-order valence-corrected chi connectivity index (χ3v) is 3.93. The molecule has 2 aromatic rings. The number of carbonyl (C=O) groups is 2. The van der Waals surface area contributed by atoms with Gasteiger partial charge in [-0.25, -0.2) is 8.78 Å². The molecule has 0 unspecified atom stereocenters. The second kappa shape index (κ2) is 6.78. The minimum Gasteiger partial charge on any atom is -0.322 e. The van der Waals surface area contributed by atoms with Crippen molar-refractivity contribution >= 4 is 23.2 Å². The molecule has 0 bridgehead atoms. The van der Waals surface area contributed by atoms with E-state index in [9.17, 15) is 18.4 Å². The largest absolute Gasteiger partial charge is 0.322 e. The van der Waals surface area contributed by atoms with E-state index in [0.29, 0.717) is 18.2 Å². The first-order valence-corrected chi connectivity index (χ1v) is 7.68. The summed E-state index contributed by atoms with van der Waals surface area (Å²) in [6.07, 6.45) is 1.85. The molecule has 3 rings (SSSR count). The highest BCUT2D eigenvalue weighted by atomic mass is 19.1. The summed E-state index contributed by atoms with van der Waals surface area (Å²) in [5.74, 6) is -2.26. The molecule has 0 saturated heterocycles. The highest BCUT2D eigenvalue weighted by molar-refractivity contribution is 6.03. The highest BCUT2D eigenvalue weighted by Crippen LogP contribution is 2.26. The van der Waals surface area contributed by atoms with Gasteiger partial charge in [-0.05, 0) is 36.6 Å². The Morgan fingerprint density at radius 3 is 2.71 bits per heavy atom. The van der Waals surface area contributed by atoms with Gasteiger partial charge >= 0.3 is 0 Å². The molecule has 24 heavy (non-hydrogen) atoms. The summed E-state index contributed by atoms with van der Waals surface area (Å²) < 4.78 is 26.5. The second-order valence-corrected chi connectivity index (χ2v) is 5.63. The Kier molecular flexibility index (Phi) is 4.55. The highest BCUT2D eigenvalue weighted by Gasteiger charge is 2.24. The van der Waals surface area contributed by atoms with E-state index in [-0.39, 0.29) is 18.1 Å². The molecular weight excluding hydrogens is 314 g/mol. The minimum absolute atomic E-state index is 0.114. The van der Waals surface area contributed by atoms with Crippen LogP contribution in [0.2, 0.25) is 0 Å². The smallest absolute Gasteiger partial charge is 0.244 e. The second-order valence-electron chi connectivity index (χ2n) is 5.63. The first kappa shape index (κ1) is 16.1. The summed E-state index contributed by atoms with van der Waals surface area (Å²) in [4.78, 5) is 25.9. The van der Waals surface area contributed by atoms with Crippen LogP contribution in [0.1, 0.15) is 18.4 Å². The van der Waals surface area contributed by atoms with Gasteiger partial charge in [0.2, 0.25) is 11.8 Å². The van der Waals surface area contributed by atoms with Gasteiger partial charge in [-0.2, -0.15) is 0 Å². The van der Waals surface area contributed by atoms with Crippen LogP contribution in [0.3, 0.4) is 0 Å². The van der Waals surface area contributed by atoms with Crippen molar-refractivity contribution < 1.29 is 18.4 Å². The average molecular weight is 330 g/mol. The lowest BCUT2D eigenvalue weighted by Gasteiger charge is -2.22. The van der Waals surface area contributed by atoms with Crippen LogP contribution in [0.5, 0.6) is 0 Å². The van der Waals surface area contributed by atoms with Crippen molar-refractivity contribution in [3.63, 3.8) is 0 Å². The molecule has 0 spiro atoms. The van der Waals surface area contributed by atoms with E-state index in [4.69, 9.17) is 0 Å². The van der Waals surface area contributed by atoms with Gasteiger partial charge in [0.05, 0.1) is 5.69 Å². The van der Waals surface area contributed by atoms with Crippen LogP contribution < -0.4 is 10.2 Å². The maximum absolute atomic E-state index is 13.6. The van der Waals surface area contributed by atoms with E-state index in [1.165, 1.54) is 4.90 Å². The van der Waals surface area contributed by atoms with E-state index in [0.717, 1.165) is 30.5 Å². The predicted octanol–water partition coefficient (Wildman–Crippen LogP) is 3.27. The molecule has 0 aliphatic carbocycles. The lowest BCUT2D eigenvalue weighted by Crippen LogP contribution is -2.37. The van der Waals surface area contributed by atoms with Crippen LogP contribution in [0.15, 0.2) is 42.5 Å². The van der Waals surface area contributed by atoms with Gasteiger partial charge in [0.25, 0.3) is 0 Å². The van der Waals surface area contributed by atoms with Crippen molar-refractivity contribution in [2.24, 2.45) is 0 Å². The Labute approximate surface area is 138 Å². The SMILES string of the molecule is O=C(CN1C(=O)CCCc2ccccc21)Nc1ccc(F)cc1F.